The number of para-hydroxylation sites is 1. The van der Waals surface area contributed by atoms with Gasteiger partial charge in [0.05, 0.1) is 11.0 Å². The SMILES string of the molecule is c1ccc(-c2ccc3c(c2)c2ccccc2n3-c2nc(N3C4CC5CC(C4)CC3C5)nc(N3C4CC5CC(C4)CC3C5)n2)cc1. The lowest BCUT2D eigenvalue weighted by molar-refractivity contribution is 0.0863. The van der Waals surface area contributed by atoms with Crippen LogP contribution < -0.4 is 9.80 Å². The van der Waals surface area contributed by atoms with Gasteiger partial charge in [-0.05, 0) is 117 Å². The molecule has 5 aromatic rings. The lowest BCUT2D eigenvalue weighted by Gasteiger charge is -2.57. The van der Waals surface area contributed by atoms with Crippen LogP contribution >= 0.6 is 0 Å². The third-order valence-electron chi connectivity index (χ3n) is 12.8. The molecular formula is C39H40N6. The van der Waals surface area contributed by atoms with Crippen molar-refractivity contribution >= 4 is 33.7 Å². The lowest BCUT2D eigenvalue weighted by Crippen LogP contribution is -2.60. The van der Waals surface area contributed by atoms with Crippen molar-refractivity contribution in [3.05, 3.63) is 72.8 Å². The summed E-state index contributed by atoms with van der Waals surface area (Å²) in [5, 5.41) is 2.50. The van der Waals surface area contributed by atoms with Gasteiger partial charge in [-0.1, -0.05) is 54.6 Å². The van der Waals surface area contributed by atoms with Crippen molar-refractivity contribution in [3.8, 4) is 17.1 Å². The molecule has 6 heteroatoms. The van der Waals surface area contributed by atoms with E-state index >= 15 is 0 Å². The van der Waals surface area contributed by atoms with E-state index in [1.54, 1.807) is 0 Å². The summed E-state index contributed by atoms with van der Waals surface area (Å²) in [5.74, 6) is 6.25. The number of anilines is 2. The normalized spacial score (nSPS) is 32.8. The van der Waals surface area contributed by atoms with Crippen LogP contribution in [0, 0.1) is 23.7 Å². The molecule has 8 aliphatic rings. The lowest BCUT2D eigenvalue weighted by atomic mass is 9.63. The van der Waals surface area contributed by atoms with Crippen LogP contribution in [0.4, 0.5) is 11.9 Å². The Hall–Kier alpha value is -3.93. The molecule has 0 atom stereocenters. The van der Waals surface area contributed by atoms with Gasteiger partial charge in [-0.25, -0.2) is 0 Å². The van der Waals surface area contributed by atoms with Crippen LogP contribution in [-0.4, -0.2) is 43.7 Å². The summed E-state index contributed by atoms with van der Waals surface area (Å²) in [6.07, 6.45) is 13.3. The molecule has 6 heterocycles. The van der Waals surface area contributed by atoms with Gasteiger partial charge < -0.3 is 9.80 Å². The van der Waals surface area contributed by atoms with Crippen molar-refractivity contribution in [2.24, 2.45) is 23.7 Å². The average Bonchev–Trinajstić information content (AvgIpc) is 3.38. The van der Waals surface area contributed by atoms with Crippen LogP contribution in [0.25, 0.3) is 38.9 Å². The molecule has 45 heavy (non-hydrogen) atoms. The van der Waals surface area contributed by atoms with Gasteiger partial charge in [-0.3, -0.25) is 4.57 Å². The smallest absolute Gasteiger partial charge is 0.241 e. The molecule has 6 nitrogen and oxygen atoms in total. The van der Waals surface area contributed by atoms with Crippen molar-refractivity contribution in [1.82, 2.24) is 19.5 Å². The fourth-order valence-electron chi connectivity index (χ4n) is 11.4. The predicted molar refractivity (Wildman–Crippen MR) is 180 cm³/mol. The monoisotopic (exact) mass is 592 g/mol. The number of piperidine rings is 4. The average molecular weight is 593 g/mol. The van der Waals surface area contributed by atoms with Crippen LogP contribution in [0.3, 0.4) is 0 Å². The molecule has 13 rings (SSSR count). The minimum absolute atomic E-state index is 0.574. The highest BCUT2D eigenvalue weighted by Crippen LogP contribution is 2.52. The van der Waals surface area contributed by atoms with Gasteiger partial charge in [0.1, 0.15) is 0 Å². The van der Waals surface area contributed by atoms with Crippen LogP contribution in [0.5, 0.6) is 0 Å². The second-order valence-electron chi connectivity index (χ2n) is 15.4. The van der Waals surface area contributed by atoms with E-state index in [9.17, 15) is 0 Å². The van der Waals surface area contributed by atoms with Gasteiger partial charge in [-0.15, -0.1) is 0 Å². The Kier molecular flexibility index (Phi) is 5.23. The van der Waals surface area contributed by atoms with E-state index in [1.165, 1.54) is 97.1 Å². The molecule has 4 saturated carbocycles. The summed E-state index contributed by atoms with van der Waals surface area (Å²) in [7, 11) is 0. The number of nitrogens with zero attached hydrogens (tertiary/aromatic N) is 6. The fourth-order valence-corrected chi connectivity index (χ4v) is 11.4. The van der Waals surface area contributed by atoms with E-state index in [0.717, 1.165) is 41.5 Å². The minimum Gasteiger partial charge on any atom is -0.335 e. The predicted octanol–water partition coefficient (Wildman–Crippen LogP) is 8.17. The molecule has 0 unspecified atom stereocenters. The van der Waals surface area contributed by atoms with E-state index in [-0.39, 0.29) is 0 Å². The molecule has 8 fully saturated rings. The third-order valence-corrected chi connectivity index (χ3v) is 12.8. The van der Waals surface area contributed by atoms with Crippen molar-refractivity contribution in [3.63, 3.8) is 0 Å². The van der Waals surface area contributed by atoms with Gasteiger partial charge in [0.2, 0.25) is 17.8 Å². The first kappa shape index (κ1) is 25.3. The van der Waals surface area contributed by atoms with Gasteiger partial charge in [-0.2, -0.15) is 15.0 Å². The van der Waals surface area contributed by atoms with E-state index in [1.807, 2.05) is 0 Å². The standard InChI is InChI=1S/C39H40N6/c1-2-6-27(7-3-1)28-10-11-36-34(22-28)33-8-4-5-9-35(33)45(36)39-41-37(43-29-14-23-12-24(16-29)17-30(43)15-23)40-38(42-39)44-31-18-25-13-26(20-31)21-32(44)19-25/h1-11,22-26,29-32H,12-21H2. The molecular weight excluding hydrogens is 552 g/mol. The molecule has 0 spiro atoms. The summed E-state index contributed by atoms with van der Waals surface area (Å²) >= 11 is 0. The number of fused-ring (bicyclic) bond motifs is 3. The number of hydrogen-bond donors (Lipinski definition) is 0. The second-order valence-corrected chi connectivity index (χ2v) is 15.4. The Labute approximate surface area is 264 Å². The first-order valence-corrected chi connectivity index (χ1v) is 17.6. The van der Waals surface area contributed by atoms with E-state index in [2.05, 4.69) is 87.2 Å². The van der Waals surface area contributed by atoms with Crippen molar-refractivity contribution < 1.29 is 0 Å². The van der Waals surface area contributed by atoms with Crippen LogP contribution in [0.2, 0.25) is 0 Å². The zero-order valence-corrected chi connectivity index (χ0v) is 25.8. The Morgan fingerprint density at radius 3 is 1.49 bits per heavy atom. The molecule has 3 aromatic carbocycles. The van der Waals surface area contributed by atoms with Crippen molar-refractivity contribution in [2.75, 3.05) is 9.80 Å². The molecule has 0 amide bonds. The Bertz CT molecular complexity index is 1840. The number of aromatic nitrogens is 4. The molecule has 226 valence electrons. The van der Waals surface area contributed by atoms with Gasteiger partial charge >= 0.3 is 0 Å². The van der Waals surface area contributed by atoms with Crippen LogP contribution in [-0.2, 0) is 0 Å². The highest BCUT2D eigenvalue weighted by Gasteiger charge is 2.50. The summed E-state index contributed by atoms with van der Waals surface area (Å²) in [6.45, 7) is 0. The first-order valence-electron chi connectivity index (χ1n) is 17.6. The number of benzene rings is 3. The van der Waals surface area contributed by atoms with Crippen LogP contribution in [0.15, 0.2) is 72.8 Å². The maximum Gasteiger partial charge on any atom is 0.241 e. The van der Waals surface area contributed by atoms with Crippen LogP contribution in [0.1, 0.15) is 64.2 Å². The zero-order chi connectivity index (χ0) is 29.2. The highest BCUT2D eigenvalue weighted by atomic mass is 15.4. The summed E-state index contributed by atoms with van der Waals surface area (Å²) in [5.41, 5.74) is 4.81. The number of hydrogen-bond acceptors (Lipinski definition) is 5. The first-order chi connectivity index (χ1) is 22.2. The van der Waals surface area contributed by atoms with Crippen molar-refractivity contribution in [1.29, 1.82) is 0 Å². The largest absolute Gasteiger partial charge is 0.335 e. The minimum atomic E-state index is 0.574. The molecule has 8 bridgehead atoms. The molecule has 2 aromatic heterocycles. The molecule has 0 radical (unpaired) electrons. The summed E-state index contributed by atoms with van der Waals surface area (Å²) in [4.78, 5) is 21.7. The number of rotatable bonds is 4. The maximum atomic E-state index is 5.47. The molecule has 4 aliphatic carbocycles. The summed E-state index contributed by atoms with van der Waals surface area (Å²) in [6, 6.07) is 28.7. The van der Waals surface area contributed by atoms with Gasteiger partial charge in [0.25, 0.3) is 0 Å². The molecule has 4 saturated heterocycles. The Balaban J connectivity index is 1.11. The maximum absolute atomic E-state index is 5.47. The zero-order valence-electron chi connectivity index (χ0n) is 25.8. The van der Waals surface area contributed by atoms with E-state index < -0.39 is 0 Å². The topological polar surface area (TPSA) is 50.1 Å². The van der Waals surface area contributed by atoms with Crippen molar-refractivity contribution in [2.45, 2.75) is 88.4 Å². The summed E-state index contributed by atoms with van der Waals surface area (Å²) < 4.78 is 2.34. The fraction of sp³-hybridized carbons (Fsp3) is 0.462. The van der Waals surface area contributed by atoms with Gasteiger partial charge in [0.15, 0.2) is 0 Å². The Morgan fingerprint density at radius 1 is 0.422 bits per heavy atom. The molecule has 0 N–H and O–H groups in total. The van der Waals surface area contributed by atoms with Gasteiger partial charge in [0, 0.05) is 34.9 Å². The van der Waals surface area contributed by atoms with E-state index in [4.69, 9.17) is 15.0 Å². The third kappa shape index (κ3) is 3.77. The quantitative estimate of drug-likeness (QED) is 0.211. The Morgan fingerprint density at radius 2 is 0.911 bits per heavy atom. The second kappa shape index (κ2) is 9.31. The molecule has 4 aliphatic heterocycles. The van der Waals surface area contributed by atoms with E-state index in [0.29, 0.717) is 24.2 Å². The highest BCUT2D eigenvalue weighted by molar-refractivity contribution is 6.10.